The molecule has 0 aromatic carbocycles. The third-order valence-corrected chi connectivity index (χ3v) is 6.66. The first kappa shape index (κ1) is 21.8. The standard InChI is InChI=1S/C16H25N5O4S.ClH/c1-10(17-4)9-13-18-15(25-20-13)16(7-5-6-8-16)21-26(22,23)14-11(2)19-24-12(14)3;/h10,17,21H,5-9H2,1-4H3;1H. The van der Waals surface area contributed by atoms with Crippen LogP contribution in [0.1, 0.15) is 55.8 Å². The summed E-state index contributed by atoms with van der Waals surface area (Å²) in [7, 11) is -1.97. The Bertz CT molecular complexity index is 854. The van der Waals surface area contributed by atoms with Crippen LogP contribution in [0.5, 0.6) is 0 Å². The van der Waals surface area contributed by atoms with E-state index in [2.05, 4.69) is 25.3 Å². The number of sulfonamides is 1. The summed E-state index contributed by atoms with van der Waals surface area (Å²) in [6, 6.07) is 0.193. The third-order valence-electron chi connectivity index (χ3n) is 4.88. The minimum absolute atomic E-state index is 0. The average Bonchev–Trinajstić information content (AvgIpc) is 3.28. The molecule has 2 aromatic heterocycles. The van der Waals surface area contributed by atoms with Gasteiger partial charge in [-0.3, -0.25) is 0 Å². The normalized spacial score (nSPS) is 17.6. The van der Waals surface area contributed by atoms with E-state index in [0.717, 1.165) is 12.8 Å². The topological polar surface area (TPSA) is 123 Å². The molecule has 11 heteroatoms. The molecule has 2 N–H and O–H groups in total. The highest BCUT2D eigenvalue weighted by Crippen LogP contribution is 2.39. The lowest BCUT2D eigenvalue weighted by atomic mass is 9.99. The van der Waals surface area contributed by atoms with Crippen molar-refractivity contribution in [2.75, 3.05) is 7.05 Å². The van der Waals surface area contributed by atoms with Crippen molar-refractivity contribution in [3.8, 4) is 0 Å². The molecule has 1 fully saturated rings. The molecular weight excluding hydrogens is 394 g/mol. The summed E-state index contributed by atoms with van der Waals surface area (Å²) in [5.74, 6) is 1.14. The second-order valence-corrected chi connectivity index (χ2v) is 8.58. The smallest absolute Gasteiger partial charge is 0.247 e. The highest BCUT2D eigenvalue weighted by molar-refractivity contribution is 7.89. The summed E-state index contributed by atoms with van der Waals surface area (Å²) in [5, 5.41) is 10.9. The summed E-state index contributed by atoms with van der Waals surface area (Å²) in [6.45, 7) is 5.21. The van der Waals surface area contributed by atoms with E-state index in [9.17, 15) is 8.42 Å². The van der Waals surface area contributed by atoms with Gasteiger partial charge < -0.3 is 14.4 Å². The van der Waals surface area contributed by atoms with Crippen LogP contribution in [0.25, 0.3) is 0 Å². The molecule has 27 heavy (non-hydrogen) atoms. The van der Waals surface area contributed by atoms with E-state index >= 15 is 0 Å². The molecule has 152 valence electrons. The van der Waals surface area contributed by atoms with Crippen molar-refractivity contribution in [3.63, 3.8) is 0 Å². The minimum atomic E-state index is -3.83. The maximum atomic E-state index is 13.0. The van der Waals surface area contributed by atoms with Gasteiger partial charge >= 0.3 is 0 Å². The van der Waals surface area contributed by atoms with E-state index in [0.29, 0.717) is 36.7 Å². The number of hydrogen-bond donors (Lipinski definition) is 2. The fourth-order valence-electron chi connectivity index (χ4n) is 3.41. The van der Waals surface area contributed by atoms with Crippen molar-refractivity contribution in [1.82, 2.24) is 25.3 Å². The number of nitrogens with one attached hydrogen (secondary N) is 2. The highest BCUT2D eigenvalue weighted by atomic mass is 35.5. The maximum absolute atomic E-state index is 13.0. The van der Waals surface area contributed by atoms with Crippen LogP contribution in [0.2, 0.25) is 0 Å². The van der Waals surface area contributed by atoms with Crippen LogP contribution in [-0.4, -0.2) is 36.8 Å². The first-order chi connectivity index (χ1) is 12.3. The number of hydrogen-bond acceptors (Lipinski definition) is 8. The Hall–Kier alpha value is -1.49. The van der Waals surface area contributed by atoms with E-state index < -0.39 is 15.6 Å². The molecule has 1 aliphatic rings. The lowest BCUT2D eigenvalue weighted by molar-refractivity contribution is 0.264. The lowest BCUT2D eigenvalue weighted by Crippen LogP contribution is -2.44. The molecule has 0 saturated heterocycles. The van der Waals surface area contributed by atoms with Crippen LogP contribution in [-0.2, 0) is 22.0 Å². The van der Waals surface area contributed by atoms with Crippen LogP contribution in [0.15, 0.2) is 13.9 Å². The summed E-state index contributed by atoms with van der Waals surface area (Å²) in [6.07, 6.45) is 3.59. The Morgan fingerprint density at radius 2 is 1.85 bits per heavy atom. The van der Waals surface area contributed by atoms with Crippen molar-refractivity contribution in [2.45, 2.75) is 69.4 Å². The van der Waals surface area contributed by atoms with Gasteiger partial charge in [-0.25, -0.2) is 8.42 Å². The van der Waals surface area contributed by atoms with Crippen molar-refractivity contribution in [2.24, 2.45) is 0 Å². The molecule has 3 rings (SSSR count). The maximum Gasteiger partial charge on any atom is 0.247 e. The first-order valence-electron chi connectivity index (χ1n) is 8.74. The van der Waals surface area contributed by atoms with Gasteiger partial charge in [0.05, 0.1) is 0 Å². The van der Waals surface area contributed by atoms with Gasteiger partial charge in [-0.2, -0.15) is 9.71 Å². The van der Waals surface area contributed by atoms with Crippen LogP contribution in [0.4, 0.5) is 0 Å². The number of rotatable bonds is 7. The molecule has 9 nitrogen and oxygen atoms in total. The average molecular weight is 420 g/mol. The SMILES string of the molecule is CNC(C)Cc1noc(C2(NS(=O)(=O)c3c(C)noc3C)CCCC2)n1.Cl. The van der Waals surface area contributed by atoms with E-state index in [1.165, 1.54) is 0 Å². The zero-order valence-corrected chi connectivity index (χ0v) is 17.5. The Morgan fingerprint density at radius 3 is 2.41 bits per heavy atom. The number of nitrogens with zero attached hydrogens (tertiary/aromatic N) is 3. The zero-order valence-electron chi connectivity index (χ0n) is 15.9. The fraction of sp³-hybridized carbons (Fsp3) is 0.688. The van der Waals surface area contributed by atoms with Crippen LogP contribution >= 0.6 is 12.4 Å². The molecule has 1 saturated carbocycles. The molecule has 0 aliphatic heterocycles. The molecule has 1 atom stereocenters. The second-order valence-electron chi connectivity index (χ2n) is 6.96. The van der Waals surface area contributed by atoms with E-state index in [1.807, 2.05) is 14.0 Å². The predicted molar refractivity (Wildman–Crippen MR) is 100 cm³/mol. The highest BCUT2D eigenvalue weighted by Gasteiger charge is 2.45. The lowest BCUT2D eigenvalue weighted by Gasteiger charge is -2.25. The van der Waals surface area contributed by atoms with E-state index in [-0.39, 0.29) is 29.1 Å². The summed E-state index contributed by atoms with van der Waals surface area (Å²) >= 11 is 0. The van der Waals surface area contributed by atoms with Crippen LogP contribution in [0, 0.1) is 13.8 Å². The Balaban J connectivity index is 0.00000261. The van der Waals surface area contributed by atoms with Crippen LogP contribution in [0.3, 0.4) is 0 Å². The van der Waals surface area contributed by atoms with Gasteiger partial charge in [-0.15, -0.1) is 12.4 Å². The summed E-state index contributed by atoms with van der Waals surface area (Å²) in [4.78, 5) is 4.56. The van der Waals surface area contributed by atoms with Gasteiger partial charge in [0.25, 0.3) is 0 Å². The molecule has 2 heterocycles. The molecule has 2 aromatic rings. The van der Waals surface area contributed by atoms with Crippen molar-refractivity contribution in [1.29, 1.82) is 0 Å². The van der Waals surface area contributed by atoms with E-state index in [1.54, 1.807) is 13.8 Å². The van der Waals surface area contributed by atoms with Crippen molar-refractivity contribution in [3.05, 3.63) is 23.2 Å². The summed E-state index contributed by atoms with van der Waals surface area (Å²) < 4.78 is 39.3. The largest absolute Gasteiger partial charge is 0.360 e. The Morgan fingerprint density at radius 1 is 1.19 bits per heavy atom. The zero-order chi connectivity index (χ0) is 18.9. The van der Waals surface area contributed by atoms with Crippen molar-refractivity contribution < 1.29 is 17.5 Å². The number of aryl methyl sites for hydroxylation is 2. The quantitative estimate of drug-likeness (QED) is 0.698. The number of likely N-dealkylation sites (N-methyl/N-ethyl adjacent to an activating group) is 1. The molecule has 0 radical (unpaired) electrons. The third kappa shape index (κ3) is 4.34. The number of aromatic nitrogens is 3. The van der Waals surface area contributed by atoms with Gasteiger partial charge in [0.2, 0.25) is 15.9 Å². The monoisotopic (exact) mass is 419 g/mol. The number of halogens is 1. The second kappa shape index (κ2) is 8.26. The molecule has 0 bridgehead atoms. The van der Waals surface area contributed by atoms with Gasteiger partial charge in [-0.05, 0) is 40.7 Å². The molecule has 0 spiro atoms. The Labute approximate surface area is 165 Å². The molecule has 0 amide bonds. The van der Waals surface area contributed by atoms with Gasteiger partial charge in [0.15, 0.2) is 11.6 Å². The Kier molecular flexibility index (Phi) is 6.67. The van der Waals surface area contributed by atoms with Gasteiger partial charge in [0.1, 0.15) is 16.1 Å². The molecule has 1 unspecified atom stereocenters. The molecular formula is C16H26ClN5O4S. The van der Waals surface area contributed by atoms with Crippen molar-refractivity contribution >= 4 is 22.4 Å². The van der Waals surface area contributed by atoms with E-state index in [4.69, 9.17) is 9.05 Å². The van der Waals surface area contributed by atoms with Crippen LogP contribution < -0.4 is 10.0 Å². The van der Waals surface area contributed by atoms with Gasteiger partial charge in [0, 0.05) is 12.5 Å². The fourth-order valence-corrected chi connectivity index (χ4v) is 5.16. The summed E-state index contributed by atoms with van der Waals surface area (Å²) in [5.41, 5.74) is -0.555. The molecule has 1 aliphatic carbocycles. The van der Waals surface area contributed by atoms with Gasteiger partial charge in [-0.1, -0.05) is 23.2 Å². The first-order valence-corrected chi connectivity index (χ1v) is 10.2. The predicted octanol–water partition coefficient (Wildman–Crippen LogP) is 1.99. The minimum Gasteiger partial charge on any atom is -0.360 e.